The molecule has 5 nitrogen and oxygen atoms in total. The van der Waals surface area contributed by atoms with Crippen molar-refractivity contribution >= 4 is 22.6 Å². The number of nitrogens with one attached hydrogen (secondary N) is 2. The summed E-state index contributed by atoms with van der Waals surface area (Å²) in [5.74, 6) is -0.231. The number of hydrogen-bond donors (Lipinski definition) is 2. The lowest BCUT2D eigenvalue weighted by Gasteiger charge is -2.06. The smallest absolute Gasteiger partial charge is 0.325 e. The summed E-state index contributed by atoms with van der Waals surface area (Å²) in [6.45, 7) is 1.97. The van der Waals surface area contributed by atoms with E-state index < -0.39 is 0 Å². The van der Waals surface area contributed by atoms with Crippen LogP contribution in [0.5, 0.6) is 0 Å². The van der Waals surface area contributed by atoms with Crippen LogP contribution in [0.15, 0.2) is 53.3 Å². The van der Waals surface area contributed by atoms with Gasteiger partial charge in [-0.25, -0.2) is 4.79 Å². The molecule has 2 N–H and O–H groups in total. The van der Waals surface area contributed by atoms with Gasteiger partial charge >= 0.3 is 5.69 Å². The molecule has 3 rings (SSSR count). The molecule has 3 aromatic rings. The minimum Gasteiger partial charge on any atom is -0.325 e. The molecule has 1 heterocycles. The third-order valence-electron chi connectivity index (χ3n) is 3.32. The summed E-state index contributed by atoms with van der Waals surface area (Å²) >= 11 is 0. The van der Waals surface area contributed by atoms with Crippen LogP contribution in [0.4, 0.5) is 5.69 Å². The van der Waals surface area contributed by atoms with Crippen molar-refractivity contribution in [3.8, 4) is 0 Å². The molecule has 1 amide bonds. The van der Waals surface area contributed by atoms with Crippen LogP contribution < -0.4 is 11.0 Å². The van der Waals surface area contributed by atoms with E-state index in [2.05, 4.69) is 10.3 Å². The fourth-order valence-electron chi connectivity index (χ4n) is 2.24. The number of amides is 1. The minimum absolute atomic E-state index is 0.0171. The van der Waals surface area contributed by atoms with E-state index in [1.807, 2.05) is 55.5 Å². The highest BCUT2D eigenvalue weighted by Gasteiger charge is 2.10. The molecule has 0 bridgehead atoms. The van der Waals surface area contributed by atoms with Crippen LogP contribution in [-0.4, -0.2) is 15.5 Å². The second-order valence-electron chi connectivity index (χ2n) is 4.95. The van der Waals surface area contributed by atoms with Gasteiger partial charge in [0.15, 0.2) is 0 Å². The van der Waals surface area contributed by atoms with E-state index in [4.69, 9.17) is 0 Å². The Bertz CT molecular complexity index is 844. The van der Waals surface area contributed by atoms with Gasteiger partial charge in [0.2, 0.25) is 5.91 Å². The normalized spacial score (nSPS) is 10.7. The zero-order valence-electron chi connectivity index (χ0n) is 11.6. The molecule has 0 aliphatic heterocycles. The van der Waals surface area contributed by atoms with Crippen molar-refractivity contribution in [2.24, 2.45) is 0 Å². The number of hydrogen-bond acceptors (Lipinski definition) is 2. The molecular weight excluding hydrogens is 266 g/mol. The van der Waals surface area contributed by atoms with Crippen molar-refractivity contribution in [3.63, 3.8) is 0 Å². The van der Waals surface area contributed by atoms with E-state index in [-0.39, 0.29) is 18.1 Å². The molecule has 5 heteroatoms. The number of aryl methyl sites for hydroxylation is 1. The third kappa shape index (κ3) is 2.72. The Balaban J connectivity index is 1.82. The number of aromatic amines is 1. The maximum atomic E-state index is 12.1. The van der Waals surface area contributed by atoms with Crippen LogP contribution in [0, 0.1) is 6.92 Å². The maximum Gasteiger partial charge on any atom is 0.326 e. The summed E-state index contributed by atoms with van der Waals surface area (Å²) in [5, 5.41) is 2.79. The topological polar surface area (TPSA) is 66.9 Å². The molecule has 0 radical (unpaired) electrons. The Labute approximate surface area is 121 Å². The Kier molecular flexibility index (Phi) is 3.31. The Hall–Kier alpha value is -2.82. The van der Waals surface area contributed by atoms with Gasteiger partial charge in [0.05, 0.1) is 11.0 Å². The fraction of sp³-hybridized carbons (Fsp3) is 0.125. The van der Waals surface area contributed by atoms with Crippen molar-refractivity contribution in [2.45, 2.75) is 13.5 Å². The Morgan fingerprint density at radius 2 is 1.86 bits per heavy atom. The van der Waals surface area contributed by atoms with Crippen molar-refractivity contribution in [2.75, 3.05) is 5.32 Å². The Morgan fingerprint density at radius 3 is 2.62 bits per heavy atom. The molecular formula is C16H15N3O2. The van der Waals surface area contributed by atoms with Gasteiger partial charge in [0, 0.05) is 5.69 Å². The number of fused-ring (bicyclic) bond motifs is 1. The van der Waals surface area contributed by atoms with Crippen LogP contribution in [0.2, 0.25) is 0 Å². The van der Waals surface area contributed by atoms with Crippen LogP contribution in [0.25, 0.3) is 11.0 Å². The number of rotatable bonds is 3. The predicted molar refractivity (Wildman–Crippen MR) is 82.4 cm³/mol. The van der Waals surface area contributed by atoms with Crippen LogP contribution in [-0.2, 0) is 11.3 Å². The van der Waals surface area contributed by atoms with E-state index in [0.29, 0.717) is 0 Å². The van der Waals surface area contributed by atoms with Crippen LogP contribution >= 0.6 is 0 Å². The molecule has 21 heavy (non-hydrogen) atoms. The highest BCUT2D eigenvalue weighted by Crippen LogP contribution is 2.11. The monoisotopic (exact) mass is 281 g/mol. The summed E-state index contributed by atoms with van der Waals surface area (Å²) in [5.41, 5.74) is 3.02. The summed E-state index contributed by atoms with van der Waals surface area (Å²) in [4.78, 5) is 26.7. The largest absolute Gasteiger partial charge is 0.326 e. The summed E-state index contributed by atoms with van der Waals surface area (Å²) in [7, 11) is 0. The number of H-pyrrole nitrogens is 1. The molecule has 0 aliphatic rings. The van der Waals surface area contributed by atoms with E-state index in [9.17, 15) is 9.59 Å². The number of aromatic nitrogens is 2. The molecule has 0 saturated carbocycles. The number of carbonyl (C=O) groups is 1. The average molecular weight is 281 g/mol. The van der Waals surface area contributed by atoms with Crippen molar-refractivity contribution in [1.29, 1.82) is 0 Å². The minimum atomic E-state index is -0.282. The van der Waals surface area contributed by atoms with Gasteiger partial charge in [0.25, 0.3) is 0 Å². The molecule has 0 fully saturated rings. The first kappa shape index (κ1) is 13.2. The second kappa shape index (κ2) is 5.28. The summed E-state index contributed by atoms with van der Waals surface area (Å²) in [6.07, 6.45) is 0. The predicted octanol–water partition coefficient (Wildman–Crippen LogP) is 2.28. The van der Waals surface area contributed by atoms with Crippen LogP contribution in [0.1, 0.15) is 5.56 Å². The molecule has 0 saturated heterocycles. The van der Waals surface area contributed by atoms with Crippen molar-refractivity contribution in [1.82, 2.24) is 9.55 Å². The van der Waals surface area contributed by atoms with E-state index in [1.54, 1.807) is 0 Å². The molecule has 1 aromatic heterocycles. The highest BCUT2D eigenvalue weighted by atomic mass is 16.2. The zero-order valence-corrected chi connectivity index (χ0v) is 11.6. The van der Waals surface area contributed by atoms with Gasteiger partial charge in [-0.1, -0.05) is 29.8 Å². The maximum absolute atomic E-state index is 12.1. The number of benzene rings is 2. The van der Waals surface area contributed by atoms with Gasteiger partial charge in [-0.15, -0.1) is 0 Å². The van der Waals surface area contributed by atoms with E-state index in [0.717, 1.165) is 22.3 Å². The molecule has 0 unspecified atom stereocenters. The lowest BCUT2D eigenvalue weighted by atomic mass is 10.2. The number of para-hydroxylation sites is 2. The standard InChI is InChI=1S/C16H15N3O2/c1-11-6-8-12(9-7-11)17-15(20)10-19-14-5-3-2-4-13(14)18-16(19)21/h2-9H,10H2,1H3,(H,17,20)(H,18,21). The summed E-state index contributed by atoms with van der Waals surface area (Å²) < 4.78 is 1.43. The lowest BCUT2D eigenvalue weighted by molar-refractivity contribution is -0.116. The lowest BCUT2D eigenvalue weighted by Crippen LogP contribution is -2.25. The number of imidazole rings is 1. The first-order valence-corrected chi connectivity index (χ1v) is 6.67. The van der Waals surface area contributed by atoms with Gasteiger partial charge in [-0.2, -0.15) is 0 Å². The van der Waals surface area contributed by atoms with Gasteiger partial charge < -0.3 is 10.3 Å². The summed E-state index contributed by atoms with van der Waals surface area (Å²) in [6, 6.07) is 14.8. The number of carbonyl (C=O) groups excluding carboxylic acids is 1. The third-order valence-corrected chi connectivity index (χ3v) is 3.32. The van der Waals surface area contributed by atoms with Crippen molar-refractivity contribution < 1.29 is 4.79 Å². The fourth-order valence-corrected chi connectivity index (χ4v) is 2.24. The number of anilines is 1. The zero-order chi connectivity index (χ0) is 14.8. The second-order valence-corrected chi connectivity index (χ2v) is 4.95. The molecule has 106 valence electrons. The number of nitrogens with zero attached hydrogens (tertiary/aromatic N) is 1. The van der Waals surface area contributed by atoms with Gasteiger partial charge in [-0.05, 0) is 31.2 Å². The van der Waals surface area contributed by atoms with Crippen LogP contribution in [0.3, 0.4) is 0 Å². The highest BCUT2D eigenvalue weighted by molar-refractivity contribution is 5.91. The molecule has 2 aromatic carbocycles. The molecule has 0 aliphatic carbocycles. The first-order chi connectivity index (χ1) is 10.1. The molecule has 0 spiro atoms. The first-order valence-electron chi connectivity index (χ1n) is 6.67. The Morgan fingerprint density at radius 1 is 1.14 bits per heavy atom. The van der Waals surface area contributed by atoms with Gasteiger partial charge in [0.1, 0.15) is 6.54 Å². The van der Waals surface area contributed by atoms with Crippen molar-refractivity contribution in [3.05, 3.63) is 64.6 Å². The van der Waals surface area contributed by atoms with E-state index in [1.165, 1.54) is 4.57 Å². The quantitative estimate of drug-likeness (QED) is 0.773. The SMILES string of the molecule is Cc1ccc(NC(=O)Cn2c(=O)[nH]c3ccccc32)cc1. The molecule has 0 atom stereocenters. The average Bonchev–Trinajstić information content (AvgIpc) is 2.78. The van der Waals surface area contributed by atoms with E-state index >= 15 is 0 Å². The van der Waals surface area contributed by atoms with Gasteiger partial charge in [-0.3, -0.25) is 9.36 Å².